The second-order valence-electron chi connectivity index (χ2n) is 5.62. The van der Waals surface area contributed by atoms with Crippen molar-refractivity contribution < 1.29 is 5.11 Å². The smallest absolute Gasteiger partial charge is 0.0765 e. The molecule has 1 nitrogen and oxygen atoms in total. The average Bonchev–Trinajstić information content (AvgIpc) is 2.62. The predicted octanol–water partition coefficient (Wildman–Crippen LogP) is 5.85. The third kappa shape index (κ3) is 5.90. The lowest BCUT2D eigenvalue weighted by Gasteiger charge is -2.19. The Bertz CT molecular complexity index is 589. The summed E-state index contributed by atoms with van der Waals surface area (Å²) in [6.45, 7) is 9.42. The summed E-state index contributed by atoms with van der Waals surface area (Å²) in [6, 6.07) is 16.8. The number of rotatable bonds is 9. The van der Waals surface area contributed by atoms with E-state index in [0.717, 1.165) is 22.6 Å². The molecule has 0 aliphatic rings. The van der Waals surface area contributed by atoms with Gasteiger partial charge >= 0.3 is 0 Å². The third-order valence-electron chi connectivity index (χ3n) is 3.65. The van der Waals surface area contributed by atoms with Gasteiger partial charge < -0.3 is 5.11 Å². The fourth-order valence-corrected chi connectivity index (χ4v) is 4.63. The summed E-state index contributed by atoms with van der Waals surface area (Å²) in [7, 11) is 0. The van der Waals surface area contributed by atoms with Gasteiger partial charge in [0.05, 0.1) is 10.7 Å². The Morgan fingerprint density at radius 2 is 1.21 bits per heavy atom. The second-order valence-corrected chi connectivity index (χ2v) is 8.18. The third-order valence-corrected chi connectivity index (χ3v) is 6.91. The Morgan fingerprint density at radius 1 is 0.833 bits per heavy atom. The van der Waals surface area contributed by atoms with Crippen molar-refractivity contribution in [3.05, 3.63) is 83.9 Å². The quantitative estimate of drug-likeness (QED) is 0.569. The first kappa shape index (κ1) is 18.9. The molecule has 0 spiro atoms. The zero-order valence-electron chi connectivity index (χ0n) is 14.0. The molecule has 3 heteroatoms. The van der Waals surface area contributed by atoms with Crippen LogP contribution in [0.5, 0.6) is 0 Å². The molecule has 0 aliphatic carbocycles. The SMILES string of the molecule is C=Cc1ccc(CSC(SCc2ccc(C=C)cc2)C(C)O)cc1. The van der Waals surface area contributed by atoms with Crippen molar-refractivity contribution >= 4 is 35.7 Å². The normalized spacial score (nSPS) is 12.1. The summed E-state index contributed by atoms with van der Waals surface area (Å²) in [4.78, 5) is 0. The van der Waals surface area contributed by atoms with Gasteiger partial charge in [-0.25, -0.2) is 0 Å². The van der Waals surface area contributed by atoms with Crippen LogP contribution in [0.1, 0.15) is 29.2 Å². The Labute approximate surface area is 153 Å². The van der Waals surface area contributed by atoms with Crippen LogP contribution < -0.4 is 0 Å². The van der Waals surface area contributed by atoms with Crippen LogP contribution in [0.3, 0.4) is 0 Å². The zero-order chi connectivity index (χ0) is 17.4. The highest BCUT2D eigenvalue weighted by Crippen LogP contribution is 2.32. The lowest BCUT2D eigenvalue weighted by molar-refractivity contribution is 0.213. The van der Waals surface area contributed by atoms with E-state index in [0.29, 0.717) is 0 Å². The van der Waals surface area contributed by atoms with Gasteiger partial charge in [0.25, 0.3) is 0 Å². The lowest BCUT2D eigenvalue weighted by atomic mass is 10.1. The minimum absolute atomic E-state index is 0.156. The molecule has 0 fully saturated rings. The Kier molecular flexibility index (Phi) is 7.70. The molecular formula is C21H24OS2. The molecule has 0 saturated heterocycles. The maximum Gasteiger partial charge on any atom is 0.0765 e. The number of hydrogen-bond acceptors (Lipinski definition) is 3. The highest BCUT2D eigenvalue weighted by Gasteiger charge is 2.16. The van der Waals surface area contributed by atoms with E-state index in [-0.39, 0.29) is 10.7 Å². The summed E-state index contributed by atoms with van der Waals surface area (Å²) in [6.07, 6.45) is 3.35. The lowest BCUT2D eigenvalue weighted by Crippen LogP contribution is -2.16. The van der Waals surface area contributed by atoms with E-state index >= 15 is 0 Å². The highest BCUT2D eigenvalue weighted by molar-refractivity contribution is 8.16. The molecule has 0 saturated carbocycles. The first-order valence-electron chi connectivity index (χ1n) is 7.96. The van der Waals surface area contributed by atoms with Gasteiger partial charge in [-0.3, -0.25) is 0 Å². The van der Waals surface area contributed by atoms with Gasteiger partial charge in [-0.2, -0.15) is 0 Å². The van der Waals surface area contributed by atoms with E-state index in [9.17, 15) is 5.11 Å². The maximum atomic E-state index is 10.1. The molecule has 0 heterocycles. The van der Waals surface area contributed by atoms with Gasteiger partial charge in [0, 0.05) is 11.5 Å². The largest absolute Gasteiger partial charge is 0.391 e. The van der Waals surface area contributed by atoms with E-state index in [4.69, 9.17) is 0 Å². The van der Waals surface area contributed by atoms with Crippen molar-refractivity contribution in [2.24, 2.45) is 0 Å². The highest BCUT2D eigenvalue weighted by atomic mass is 32.2. The minimum Gasteiger partial charge on any atom is -0.391 e. The molecule has 0 aliphatic heterocycles. The minimum atomic E-state index is -0.347. The average molecular weight is 357 g/mol. The summed E-state index contributed by atoms with van der Waals surface area (Å²) >= 11 is 3.59. The van der Waals surface area contributed by atoms with Gasteiger partial charge in [0.2, 0.25) is 0 Å². The van der Waals surface area contributed by atoms with Crippen LogP contribution in [0.15, 0.2) is 61.7 Å². The van der Waals surface area contributed by atoms with E-state index < -0.39 is 0 Å². The second kappa shape index (κ2) is 9.77. The van der Waals surface area contributed by atoms with Gasteiger partial charge in [-0.05, 0) is 29.2 Å². The molecule has 0 bridgehead atoms. The van der Waals surface area contributed by atoms with Crippen molar-refractivity contribution in [3.63, 3.8) is 0 Å². The van der Waals surface area contributed by atoms with Crippen LogP contribution in [0.4, 0.5) is 0 Å². The first-order valence-corrected chi connectivity index (χ1v) is 10.1. The van der Waals surface area contributed by atoms with Crippen molar-refractivity contribution in [2.45, 2.75) is 29.1 Å². The molecule has 2 aromatic carbocycles. The maximum absolute atomic E-state index is 10.1. The molecule has 126 valence electrons. The molecule has 0 aromatic heterocycles. The van der Waals surface area contributed by atoms with Crippen LogP contribution in [0, 0.1) is 0 Å². The van der Waals surface area contributed by atoms with Crippen molar-refractivity contribution in [1.29, 1.82) is 0 Å². The van der Waals surface area contributed by atoms with Crippen LogP contribution in [0.2, 0.25) is 0 Å². The van der Waals surface area contributed by atoms with Gasteiger partial charge in [0.1, 0.15) is 0 Å². The van der Waals surface area contributed by atoms with Crippen LogP contribution in [-0.2, 0) is 11.5 Å². The number of aliphatic hydroxyl groups is 1. The fourth-order valence-electron chi connectivity index (χ4n) is 2.18. The number of benzene rings is 2. The van der Waals surface area contributed by atoms with Crippen molar-refractivity contribution in [2.75, 3.05) is 0 Å². The standard InChI is InChI=1S/C21H24OS2/c1-4-17-6-10-19(11-7-17)14-23-21(16(3)22)24-15-20-12-8-18(5-2)9-13-20/h4-13,16,21-22H,1-2,14-15H2,3H3. The van der Waals surface area contributed by atoms with Crippen LogP contribution in [0.25, 0.3) is 12.2 Å². The molecule has 1 unspecified atom stereocenters. The fraction of sp³-hybridized carbons (Fsp3) is 0.238. The molecule has 24 heavy (non-hydrogen) atoms. The van der Waals surface area contributed by atoms with E-state index in [2.05, 4.69) is 61.7 Å². The van der Waals surface area contributed by atoms with Gasteiger partial charge in [-0.15, -0.1) is 23.5 Å². The monoisotopic (exact) mass is 356 g/mol. The van der Waals surface area contributed by atoms with Gasteiger partial charge in [0.15, 0.2) is 0 Å². The summed E-state index contributed by atoms with van der Waals surface area (Å²) in [5, 5.41) is 10.1. The molecule has 2 rings (SSSR count). The van der Waals surface area contributed by atoms with E-state index in [1.807, 2.05) is 19.1 Å². The molecular weight excluding hydrogens is 332 g/mol. The predicted molar refractivity (Wildman–Crippen MR) is 111 cm³/mol. The summed E-state index contributed by atoms with van der Waals surface area (Å²) in [5.41, 5.74) is 4.81. The number of hydrogen-bond donors (Lipinski definition) is 1. The first-order chi connectivity index (χ1) is 11.6. The number of thioether (sulfide) groups is 2. The molecule has 0 amide bonds. The molecule has 0 radical (unpaired) electrons. The molecule has 2 aromatic rings. The molecule has 1 atom stereocenters. The zero-order valence-corrected chi connectivity index (χ0v) is 15.7. The van der Waals surface area contributed by atoms with Crippen LogP contribution >= 0.6 is 23.5 Å². The Morgan fingerprint density at radius 3 is 1.50 bits per heavy atom. The van der Waals surface area contributed by atoms with E-state index in [1.54, 1.807) is 23.5 Å². The Hall–Kier alpha value is -1.42. The summed E-state index contributed by atoms with van der Waals surface area (Å²) in [5.74, 6) is 1.80. The number of aliphatic hydroxyl groups excluding tert-OH is 1. The summed E-state index contributed by atoms with van der Waals surface area (Å²) < 4.78 is 0.156. The molecule has 1 N–H and O–H groups in total. The topological polar surface area (TPSA) is 20.2 Å². The van der Waals surface area contributed by atoms with Crippen molar-refractivity contribution in [3.8, 4) is 0 Å². The van der Waals surface area contributed by atoms with Gasteiger partial charge in [-0.1, -0.05) is 73.8 Å². The Balaban J connectivity index is 1.88. The van der Waals surface area contributed by atoms with Crippen LogP contribution in [-0.4, -0.2) is 15.8 Å². The van der Waals surface area contributed by atoms with Crippen molar-refractivity contribution in [1.82, 2.24) is 0 Å². The van der Waals surface area contributed by atoms with E-state index in [1.165, 1.54) is 11.1 Å².